The van der Waals surface area contributed by atoms with E-state index in [9.17, 15) is 8.42 Å². The van der Waals surface area contributed by atoms with Gasteiger partial charge in [-0.25, -0.2) is 13.4 Å². The molecule has 0 aromatic carbocycles. The number of hydrogen-bond donors (Lipinski definition) is 2. The number of rotatable bonds is 6. The summed E-state index contributed by atoms with van der Waals surface area (Å²) in [4.78, 5) is 5.10. The number of nitrogens with one attached hydrogen (secondary N) is 2. The van der Waals surface area contributed by atoms with Gasteiger partial charge in [-0.2, -0.15) is 0 Å². The molecule has 0 amide bonds. The lowest BCUT2D eigenvalue weighted by atomic mass is 10.3. The molecule has 0 spiro atoms. The molecule has 0 aliphatic rings. The third-order valence-corrected chi connectivity index (χ3v) is 6.63. The molecule has 0 aliphatic carbocycles. The molecule has 0 atom stereocenters. The highest BCUT2D eigenvalue weighted by Gasteiger charge is 2.17. The number of pyridine rings is 1. The fraction of sp³-hybridized carbons (Fsp3) is 0.308. The lowest BCUT2D eigenvalue weighted by Crippen LogP contribution is -2.12. The van der Waals surface area contributed by atoms with E-state index in [1.165, 1.54) is 11.3 Å². The summed E-state index contributed by atoms with van der Waals surface area (Å²) < 4.78 is 28.3. The van der Waals surface area contributed by atoms with Gasteiger partial charge in [-0.05, 0) is 66.6 Å². The lowest BCUT2D eigenvalue weighted by Gasteiger charge is -2.06. The number of aromatic nitrogens is 1. The van der Waals surface area contributed by atoms with Crippen molar-refractivity contribution in [3.63, 3.8) is 0 Å². The molecule has 0 bridgehead atoms. The highest BCUT2D eigenvalue weighted by Crippen LogP contribution is 2.25. The Hall–Kier alpha value is -0.960. The quantitative estimate of drug-likeness (QED) is 0.796. The molecular formula is C13H16BrN3O2S2. The maximum atomic E-state index is 12.3. The van der Waals surface area contributed by atoms with E-state index in [0.717, 1.165) is 27.9 Å². The van der Waals surface area contributed by atoms with Crippen LogP contribution in [0.2, 0.25) is 0 Å². The molecule has 2 heterocycles. The largest absolute Gasteiger partial charge is 0.319 e. The van der Waals surface area contributed by atoms with Crippen LogP contribution in [-0.2, 0) is 16.4 Å². The van der Waals surface area contributed by atoms with E-state index in [1.54, 1.807) is 18.3 Å². The summed E-state index contributed by atoms with van der Waals surface area (Å²) >= 11 is 4.62. The van der Waals surface area contributed by atoms with E-state index in [1.807, 2.05) is 20.0 Å². The average Bonchev–Trinajstić information content (AvgIpc) is 2.90. The monoisotopic (exact) mass is 389 g/mol. The van der Waals surface area contributed by atoms with Gasteiger partial charge in [-0.15, -0.1) is 11.3 Å². The van der Waals surface area contributed by atoms with Gasteiger partial charge >= 0.3 is 0 Å². The smallest absolute Gasteiger partial charge is 0.272 e. The molecule has 0 saturated heterocycles. The number of hydrogen-bond acceptors (Lipinski definition) is 5. The van der Waals surface area contributed by atoms with Gasteiger partial charge in [0.25, 0.3) is 10.0 Å². The predicted molar refractivity (Wildman–Crippen MR) is 89.4 cm³/mol. The molecule has 0 saturated carbocycles. The summed E-state index contributed by atoms with van der Waals surface area (Å²) in [5, 5.41) is 3.04. The maximum Gasteiger partial charge on any atom is 0.272 e. The third kappa shape index (κ3) is 4.26. The summed E-state index contributed by atoms with van der Waals surface area (Å²) in [6.45, 7) is 2.70. The summed E-state index contributed by atoms with van der Waals surface area (Å²) in [6, 6.07) is 5.16. The van der Waals surface area contributed by atoms with Crippen molar-refractivity contribution in [2.45, 2.75) is 17.6 Å². The molecule has 0 fully saturated rings. The fourth-order valence-electron chi connectivity index (χ4n) is 1.67. The second-order valence-corrected chi connectivity index (χ2v) is 8.43. The van der Waals surface area contributed by atoms with Crippen LogP contribution in [0.3, 0.4) is 0 Å². The summed E-state index contributed by atoms with van der Waals surface area (Å²) in [6.07, 6.45) is 2.40. The molecule has 114 valence electrons. The molecule has 0 radical (unpaired) electrons. The van der Waals surface area contributed by atoms with Gasteiger partial charge in [0.15, 0.2) is 0 Å². The Labute approximate surface area is 137 Å². The minimum absolute atomic E-state index is 0.302. The minimum atomic E-state index is -3.58. The van der Waals surface area contributed by atoms with Crippen LogP contribution in [0.4, 0.5) is 5.82 Å². The van der Waals surface area contributed by atoms with Gasteiger partial charge in [0.1, 0.15) is 10.0 Å². The topological polar surface area (TPSA) is 71.1 Å². The fourth-order valence-corrected chi connectivity index (χ4v) is 4.24. The zero-order valence-corrected chi connectivity index (χ0v) is 14.9. The van der Waals surface area contributed by atoms with Gasteiger partial charge in [-0.1, -0.05) is 0 Å². The van der Waals surface area contributed by atoms with E-state index in [-0.39, 0.29) is 0 Å². The van der Waals surface area contributed by atoms with Crippen molar-refractivity contribution in [3.8, 4) is 0 Å². The van der Waals surface area contributed by atoms with Gasteiger partial charge in [0.05, 0.1) is 0 Å². The Balaban J connectivity index is 2.17. The third-order valence-electron chi connectivity index (χ3n) is 2.81. The van der Waals surface area contributed by atoms with E-state index < -0.39 is 10.0 Å². The molecule has 2 N–H and O–H groups in total. The Kier molecular flexibility index (Phi) is 5.37. The van der Waals surface area contributed by atoms with Crippen molar-refractivity contribution in [2.75, 3.05) is 18.3 Å². The second-order valence-electron chi connectivity index (χ2n) is 4.50. The first-order valence-corrected chi connectivity index (χ1v) is 9.40. The molecule has 0 unspecified atom stereocenters. The lowest BCUT2D eigenvalue weighted by molar-refractivity contribution is 0.603. The molecule has 21 heavy (non-hydrogen) atoms. The Morgan fingerprint density at radius 1 is 1.38 bits per heavy atom. The van der Waals surface area contributed by atoms with Crippen molar-refractivity contribution < 1.29 is 8.42 Å². The average molecular weight is 390 g/mol. The molecule has 2 aromatic heterocycles. The normalized spacial score (nSPS) is 11.6. The predicted octanol–water partition coefficient (Wildman–Crippen LogP) is 2.78. The maximum absolute atomic E-state index is 12.3. The van der Waals surface area contributed by atoms with E-state index >= 15 is 0 Å². The van der Waals surface area contributed by atoms with Crippen LogP contribution in [0.1, 0.15) is 10.4 Å². The first-order valence-electron chi connectivity index (χ1n) is 6.30. The SMILES string of the molecule is CNCCc1ccc(S(=O)(=O)Nc2cc(C)c(Br)cn2)s1. The minimum Gasteiger partial charge on any atom is -0.319 e. The number of nitrogens with zero attached hydrogens (tertiary/aromatic N) is 1. The number of halogens is 1. The van der Waals surface area contributed by atoms with Gasteiger partial charge in [-0.3, -0.25) is 4.72 Å². The van der Waals surface area contributed by atoms with Crippen molar-refractivity contribution in [3.05, 3.63) is 39.3 Å². The Morgan fingerprint density at radius 3 is 2.81 bits per heavy atom. The molecule has 2 rings (SSSR count). The second kappa shape index (κ2) is 6.87. The van der Waals surface area contributed by atoms with Crippen molar-refractivity contribution >= 4 is 43.1 Å². The summed E-state index contributed by atoms with van der Waals surface area (Å²) in [5.41, 5.74) is 0.920. The first kappa shape index (κ1) is 16.4. The van der Waals surface area contributed by atoms with Crippen LogP contribution >= 0.6 is 27.3 Å². The highest BCUT2D eigenvalue weighted by atomic mass is 79.9. The Bertz CT molecular complexity index is 729. The molecule has 5 nitrogen and oxygen atoms in total. The van der Waals surface area contributed by atoms with Crippen molar-refractivity contribution in [1.82, 2.24) is 10.3 Å². The molecule has 8 heteroatoms. The highest BCUT2D eigenvalue weighted by molar-refractivity contribution is 9.10. The summed E-state index contributed by atoms with van der Waals surface area (Å²) in [5.74, 6) is 0.320. The van der Waals surface area contributed by atoms with Crippen LogP contribution in [0, 0.1) is 6.92 Å². The van der Waals surface area contributed by atoms with Crippen LogP contribution in [0.25, 0.3) is 0 Å². The number of anilines is 1. The van der Waals surface area contributed by atoms with Crippen molar-refractivity contribution in [2.24, 2.45) is 0 Å². The zero-order chi connectivity index (χ0) is 15.5. The zero-order valence-electron chi connectivity index (χ0n) is 11.7. The molecule has 2 aromatic rings. The van der Waals surface area contributed by atoms with Crippen LogP contribution < -0.4 is 10.0 Å². The van der Waals surface area contributed by atoms with Gasteiger partial charge < -0.3 is 5.32 Å². The molecule has 0 aliphatic heterocycles. The number of aryl methyl sites for hydroxylation is 1. The number of thiophene rings is 1. The van der Waals surface area contributed by atoms with Crippen LogP contribution in [-0.4, -0.2) is 27.0 Å². The summed E-state index contributed by atoms with van der Waals surface area (Å²) in [7, 11) is -1.71. The van der Waals surface area contributed by atoms with E-state index in [4.69, 9.17) is 0 Å². The standard InChI is InChI=1S/C13H16BrN3O2S2/c1-9-7-12(16-8-11(9)14)17-21(18,19)13-4-3-10(20-13)5-6-15-2/h3-4,7-8,15H,5-6H2,1-2H3,(H,16,17). The first-order chi connectivity index (χ1) is 9.92. The Morgan fingerprint density at radius 2 is 2.14 bits per heavy atom. The van der Waals surface area contributed by atoms with Crippen LogP contribution in [0.15, 0.2) is 33.1 Å². The van der Waals surface area contributed by atoms with Crippen molar-refractivity contribution in [1.29, 1.82) is 0 Å². The van der Waals surface area contributed by atoms with E-state index in [0.29, 0.717) is 10.0 Å². The van der Waals surface area contributed by atoms with Gasteiger partial charge in [0, 0.05) is 15.5 Å². The van der Waals surface area contributed by atoms with Crippen LogP contribution in [0.5, 0.6) is 0 Å². The number of sulfonamides is 1. The molecular weight excluding hydrogens is 374 g/mol. The number of likely N-dealkylation sites (N-methyl/N-ethyl adjacent to an activating group) is 1. The van der Waals surface area contributed by atoms with Gasteiger partial charge in [0.2, 0.25) is 0 Å². The van der Waals surface area contributed by atoms with E-state index in [2.05, 4.69) is 31.0 Å².